The van der Waals surface area contributed by atoms with Gasteiger partial charge in [0.15, 0.2) is 0 Å². The van der Waals surface area contributed by atoms with Gasteiger partial charge >= 0.3 is 6.03 Å². The molecule has 0 spiro atoms. The molecule has 1 aromatic rings. The van der Waals surface area contributed by atoms with Gasteiger partial charge in [-0.15, -0.1) is 0 Å². The van der Waals surface area contributed by atoms with Crippen LogP contribution in [0.5, 0.6) is 0 Å². The fourth-order valence-electron chi connectivity index (χ4n) is 1.09. The third-order valence-electron chi connectivity index (χ3n) is 1.86. The zero-order chi connectivity index (χ0) is 12.2. The molecule has 0 aliphatic rings. The van der Waals surface area contributed by atoms with Crippen LogP contribution >= 0.6 is 11.6 Å². The molecular formula is C12H17ClN2O. The number of amides is 2. The molecule has 4 heteroatoms. The van der Waals surface area contributed by atoms with Gasteiger partial charge in [-0.05, 0) is 23.6 Å². The topological polar surface area (TPSA) is 41.1 Å². The highest BCUT2D eigenvalue weighted by Gasteiger charge is 2.11. The summed E-state index contributed by atoms with van der Waals surface area (Å²) in [4.78, 5) is 11.5. The van der Waals surface area contributed by atoms with Crippen LogP contribution in [-0.4, -0.2) is 12.6 Å². The minimum Gasteiger partial charge on any atom is -0.337 e. The van der Waals surface area contributed by atoms with Crippen LogP contribution in [0, 0.1) is 5.41 Å². The number of rotatable bonds is 2. The summed E-state index contributed by atoms with van der Waals surface area (Å²) in [5, 5.41) is 6.12. The van der Waals surface area contributed by atoms with Crippen molar-refractivity contribution in [3.63, 3.8) is 0 Å². The molecule has 2 N–H and O–H groups in total. The summed E-state index contributed by atoms with van der Waals surface area (Å²) in [5.74, 6) is 0. The van der Waals surface area contributed by atoms with Crippen molar-refractivity contribution in [2.75, 3.05) is 11.9 Å². The van der Waals surface area contributed by atoms with E-state index in [1.807, 2.05) is 0 Å². The summed E-state index contributed by atoms with van der Waals surface area (Å²) in [7, 11) is 0. The maximum Gasteiger partial charge on any atom is 0.319 e. The highest BCUT2D eigenvalue weighted by molar-refractivity contribution is 6.30. The van der Waals surface area contributed by atoms with E-state index in [4.69, 9.17) is 11.6 Å². The minimum atomic E-state index is -0.211. The van der Waals surface area contributed by atoms with Gasteiger partial charge in [-0.1, -0.05) is 38.4 Å². The fraction of sp³-hybridized carbons (Fsp3) is 0.417. The maximum atomic E-state index is 11.5. The van der Waals surface area contributed by atoms with E-state index < -0.39 is 0 Å². The van der Waals surface area contributed by atoms with Crippen LogP contribution in [0.4, 0.5) is 10.5 Å². The highest BCUT2D eigenvalue weighted by Crippen LogP contribution is 2.15. The molecule has 0 aliphatic carbocycles. The molecule has 0 radical (unpaired) electrons. The summed E-state index contributed by atoms with van der Waals surface area (Å²) in [5.41, 5.74) is 0.769. The molecule has 0 fully saturated rings. The number of carbonyl (C=O) groups is 1. The zero-order valence-electron chi connectivity index (χ0n) is 9.80. The van der Waals surface area contributed by atoms with Gasteiger partial charge in [-0.25, -0.2) is 4.79 Å². The molecule has 88 valence electrons. The number of urea groups is 1. The van der Waals surface area contributed by atoms with Crippen molar-refractivity contribution in [1.29, 1.82) is 0 Å². The van der Waals surface area contributed by atoms with E-state index in [1.165, 1.54) is 0 Å². The lowest BCUT2D eigenvalue weighted by molar-refractivity contribution is 0.247. The molecule has 0 bridgehead atoms. The second-order valence-corrected chi connectivity index (χ2v) is 5.32. The van der Waals surface area contributed by atoms with Gasteiger partial charge in [0.05, 0.1) is 0 Å². The first-order valence-electron chi connectivity index (χ1n) is 5.17. The van der Waals surface area contributed by atoms with Crippen molar-refractivity contribution >= 4 is 23.3 Å². The summed E-state index contributed by atoms with van der Waals surface area (Å²) >= 11 is 5.81. The molecule has 0 saturated carbocycles. The minimum absolute atomic E-state index is 0.0751. The van der Waals surface area contributed by atoms with E-state index in [-0.39, 0.29) is 11.4 Å². The predicted molar refractivity (Wildman–Crippen MR) is 67.9 cm³/mol. The van der Waals surface area contributed by atoms with Crippen molar-refractivity contribution in [1.82, 2.24) is 5.32 Å². The van der Waals surface area contributed by atoms with Gasteiger partial charge in [0.1, 0.15) is 0 Å². The molecule has 0 atom stereocenters. The molecule has 0 saturated heterocycles. The van der Waals surface area contributed by atoms with E-state index in [0.717, 1.165) is 0 Å². The lowest BCUT2D eigenvalue weighted by Gasteiger charge is -2.18. The lowest BCUT2D eigenvalue weighted by atomic mass is 9.97. The Morgan fingerprint density at radius 1 is 1.38 bits per heavy atom. The number of nitrogens with one attached hydrogen (secondary N) is 2. The van der Waals surface area contributed by atoms with Gasteiger partial charge in [-0.3, -0.25) is 0 Å². The number of halogens is 1. The molecule has 16 heavy (non-hydrogen) atoms. The summed E-state index contributed by atoms with van der Waals surface area (Å²) in [6.07, 6.45) is 0. The first-order valence-corrected chi connectivity index (χ1v) is 5.55. The Labute approximate surface area is 101 Å². The second-order valence-electron chi connectivity index (χ2n) is 4.88. The van der Waals surface area contributed by atoms with Crippen molar-refractivity contribution in [2.45, 2.75) is 20.8 Å². The van der Waals surface area contributed by atoms with Crippen molar-refractivity contribution in [3.05, 3.63) is 29.3 Å². The van der Waals surface area contributed by atoms with Gasteiger partial charge in [0, 0.05) is 17.3 Å². The van der Waals surface area contributed by atoms with E-state index in [1.54, 1.807) is 24.3 Å². The normalized spacial score (nSPS) is 11.0. The van der Waals surface area contributed by atoms with Gasteiger partial charge in [0.2, 0.25) is 0 Å². The molecule has 1 rings (SSSR count). The third kappa shape index (κ3) is 5.03. The Hall–Kier alpha value is -1.22. The number of carbonyl (C=O) groups excluding carboxylic acids is 1. The molecule has 0 aromatic heterocycles. The predicted octanol–water partition coefficient (Wildman–Crippen LogP) is 3.51. The Bertz CT molecular complexity index is 372. The highest BCUT2D eigenvalue weighted by atomic mass is 35.5. The van der Waals surface area contributed by atoms with E-state index >= 15 is 0 Å². The zero-order valence-corrected chi connectivity index (χ0v) is 10.6. The molecular weight excluding hydrogens is 224 g/mol. The van der Waals surface area contributed by atoms with Crippen LogP contribution in [0.3, 0.4) is 0 Å². The smallest absolute Gasteiger partial charge is 0.319 e. The van der Waals surface area contributed by atoms with Crippen molar-refractivity contribution in [3.8, 4) is 0 Å². The van der Waals surface area contributed by atoms with Crippen LogP contribution in [0.1, 0.15) is 20.8 Å². The number of anilines is 1. The number of hydrogen-bond donors (Lipinski definition) is 2. The summed E-state index contributed by atoms with van der Waals surface area (Å²) in [6.45, 7) is 6.81. The Kier molecular flexibility index (Phi) is 4.19. The van der Waals surface area contributed by atoms with E-state index in [9.17, 15) is 4.79 Å². The largest absolute Gasteiger partial charge is 0.337 e. The molecule has 2 amide bonds. The Balaban J connectivity index is 2.46. The van der Waals surface area contributed by atoms with Gasteiger partial charge in [-0.2, -0.15) is 0 Å². The first kappa shape index (κ1) is 12.8. The number of hydrogen-bond acceptors (Lipinski definition) is 1. The van der Waals surface area contributed by atoms with E-state index in [0.29, 0.717) is 17.3 Å². The standard InChI is InChI=1S/C12H17ClN2O/c1-12(2,3)8-14-11(16)15-10-6-4-5-9(13)7-10/h4-7H,8H2,1-3H3,(H2,14,15,16). The van der Waals surface area contributed by atoms with Crippen LogP contribution in [0.2, 0.25) is 5.02 Å². The lowest BCUT2D eigenvalue weighted by Crippen LogP contribution is -2.35. The monoisotopic (exact) mass is 240 g/mol. The van der Waals surface area contributed by atoms with Crippen LogP contribution in [0.25, 0.3) is 0 Å². The van der Waals surface area contributed by atoms with Gasteiger partial charge in [0.25, 0.3) is 0 Å². The SMILES string of the molecule is CC(C)(C)CNC(=O)Nc1cccc(Cl)c1. The molecule has 1 aromatic carbocycles. The summed E-state index contributed by atoms with van der Waals surface area (Å²) < 4.78 is 0. The second kappa shape index (κ2) is 5.21. The first-order chi connectivity index (χ1) is 7.37. The number of benzene rings is 1. The molecule has 0 unspecified atom stereocenters. The average molecular weight is 241 g/mol. The Morgan fingerprint density at radius 3 is 2.62 bits per heavy atom. The van der Waals surface area contributed by atoms with Crippen molar-refractivity contribution in [2.24, 2.45) is 5.41 Å². The van der Waals surface area contributed by atoms with Gasteiger partial charge < -0.3 is 10.6 Å². The molecule has 0 heterocycles. The molecule has 3 nitrogen and oxygen atoms in total. The molecule has 0 aliphatic heterocycles. The van der Waals surface area contributed by atoms with Crippen LogP contribution < -0.4 is 10.6 Å². The Morgan fingerprint density at radius 2 is 2.06 bits per heavy atom. The average Bonchev–Trinajstić information content (AvgIpc) is 2.14. The van der Waals surface area contributed by atoms with Crippen molar-refractivity contribution < 1.29 is 4.79 Å². The van der Waals surface area contributed by atoms with E-state index in [2.05, 4.69) is 31.4 Å². The summed E-state index contributed by atoms with van der Waals surface area (Å²) in [6, 6.07) is 6.85. The maximum absolute atomic E-state index is 11.5. The quantitative estimate of drug-likeness (QED) is 0.816. The van der Waals surface area contributed by atoms with Crippen LogP contribution in [0.15, 0.2) is 24.3 Å². The third-order valence-corrected chi connectivity index (χ3v) is 2.10. The van der Waals surface area contributed by atoms with Crippen LogP contribution in [-0.2, 0) is 0 Å². The fourth-order valence-corrected chi connectivity index (χ4v) is 1.28.